The zero-order valence-electron chi connectivity index (χ0n) is 11.8. The minimum atomic E-state index is -4.54. The van der Waals surface area contributed by atoms with Crippen LogP contribution in [0.25, 0.3) is 0 Å². The van der Waals surface area contributed by atoms with Crippen molar-refractivity contribution in [3.8, 4) is 0 Å². The summed E-state index contributed by atoms with van der Waals surface area (Å²) in [5.41, 5.74) is -1.18. The average Bonchev–Trinajstić information content (AvgIpc) is 2.23. The lowest BCUT2D eigenvalue weighted by Gasteiger charge is -2.28. The monoisotopic (exact) mass is 310 g/mol. The quantitative estimate of drug-likeness (QED) is 0.848. The first kappa shape index (κ1) is 17.0. The summed E-state index contributed by atoms with van der Waals surface area (Å²) >= 11 is 5.52. The molecule has 0 aliphatic rings. The second kappa shape index (κ2) is 6.13. The van der Waals surface area contributed by atoms with Crippen LogP contribution in [-0.2, 0) is 6.18 Å². The van der Waals surface area contributed by atoms with Crippen molar-refractivity contribution in [1.29, 1.82) is 0 Å². The number of anilines is 1. The van der Waals surface area contributed by atoms with E-state index in [1.807, 2.05) is 32.8 Å². The van der Waals surface area contributed by atoms with Gasteiger partial charge in [-0.25, -0.2) is 9.97 Å². The van der Waals surface area contributed by atoms with Gasteiger partial charge in [0.05, 0.1) is 0 Å². The molecule has 0 atom stereocenters. The lowest BCUT2D eigenvalue weighted by Crippen LogP contribution is -2.34. The van der Waals surface area contributed by atoms with Gasteiger partial charge in [0.1, 0.15) is 5.82 Å². The Morgan fingerprint density at radius 1 is 1.25 bits per heavy atom. The molecule has 0 aromatic carbocycles. The van der Waals surface area contributed by atoms with Crippen molar-refractivity contribution >= 4 is 17.4 Å². The molecule has 4 nitrogen and oxygen atoms in total. The molecule has 1 aromatic heterocycles. The summed E-state index contributed by atoms with van der Waals surface area (Å²) in [4.78, 5) is 8.95. The van der Waals surface area contributed by atoms with E-state index in [1.54, 1.807) is 0 Å². The number of nitrogens with zero attached hydrogens (tertiary/aromatic N) is 3. The Hall–Kier alpha value is -1.08. The second-order valence-corrected chi connectivity index (χ2v) is 6.00. The molecule has 0 spiro atoms. The molecule has 1 rings (SSSR count). The Morgan fingerprint density at radius 3 is 2.35 bits per heavy atom. The summed E-state index contributed by atoms with van der Waals surface area (Å²) in [5.74, 6) is 0.0733. The molecule has 0 amide bonds. The van der Waals surface area contributed by atoms with Gasteiger partial charge >= 0.3 is 6.18 Å². The van der Waals surface area contributed by atoms with Gasteiger partial charge in [-0.15, -0.1) is 0 Å². The molecule has 0 saturated carbocycles. The molecular weight excluding hydrogens is 293 g/mol. The Bertz CT molecular complexity index is 461. The summed E-state index contributed by atoms with van der Waals surface area (Å²) in [7, 11) is 3.87. The van der Waals surface area contributed by atoms with Crippen LogP contribution in [0.3, 0.4) is 0 Å². The van der Waals surface area contributed by atoms with E-state index in [-0.39, 0.29) is 11.2 Å². The minimum Gasteiger partial charge on any atom is -0.369 e. The maximum atomic E-state index is 12.6. The molecule has 114 valence electrons. The fourth-order valence-electron chi connectivity index (χ4n) is 1.90. The largest absolute Gasteiger partial charge is 0.433 e. The highest BCUT2D eigenvalue weighted by Gasteiger charge is 2.33. The first-order valence-corrected chi connectivity index (χ1v) is 6.38. The van der Waals surface area contributed by atoms with Gasteiger partial charge in [-0.05, 0) is 31.1 Å². The Kier molecular flexibility index (Phi) is 5.21. The Balaban J connectivity index is 2.81. The van der Waals surface area contributed by atoms with Crippen LogP contribution >= 0.6 is 11.6 Å². The van der Waals surface area contributed by atoms with Gasteiger partial charge < -0.3 is 10.2 Å². The highest BCUT2D eigenvalue weighted by atomic mass is 35.5. The van der Waals surface area contributed by atoms with Gasteiger partial charge in [-0.3, -0.25) is 0 Å². The van der Waals surface area contributed by atoms with E-state index < -0.39 is 17.2 Å². The van der Waals surface area contributed by atoms with Crippen LogP contribution in [0.5, 0.6) is 0 Å². The summed E-state index contributed by atoms with van der Waals surface area (Å²) in [5, 5.41) is 2.46. The maximum Gasteiger partial charge on any atom is 0.433 e. The SMILES string of the molecule is CN(C)CC(C)(C)CNc1cc(C(F)(F)F)nc(Cl)n1. The third-order valence-corrected chi connectivity index (χ3v) is 2.65. The van der Waals surface area contributed by atoms with Crippen LogP contribution < -0.4 is 5.32 Å². The molecule has 0 aliphatic heterocycles. The van der Waals surface area contributed by atoms with Crippen molar-refractivity contribution in [2.75, 3.05) is 32.5 Å². The third-order valence-electron chi connectivity index (χ3n) is 2.48. The van der Waals surface area contributed by atoms with Gasteiger partial charge in [0.25, 0.3) is 0 Å². The van der Waals surface area contributed by atoms with Crippen LogP contribution in [-0.4, -0.2) is 42.1 Å². The molecule has 8 heteroatoms. The zero-order valence-corrected chi connectivity index (χ0v) is 12.6. The van der Waals surface area contributed by atoms with E-state index in [2.05, 4.69) is 15.3 Å². The average molecular weight is 311 g/mol. The van der Waals surface area contributed by atoms with Crippen LogP contribution in [0.1, 0.15) is 19.5 Å². The molecule has 0 bridgehead atoms. The lowest BCUT2D eigenvalue weighted by atomic mass is 9.93. The number of hydrogen-bond acceptors (Lipinski definition) is 4. The highest BCUT2D eigenvalue weighted by Crippen LogP contribution is 2.29. The standard InChI is InChI=1S/C12H18ClF3N4/c1-11(2,7-20(3)4)6-17-9-5-8(12(14,15)16)18-10(13)19-9/h5H,6-7H2,1-4H3,(H,17,18,19). The highest BCUT2D eigenvalue weighted by molar-refractivity contribution is 6.28. The van der Waals surface area contributed by atoms with Crippen molar-refractivity contribution in [1.82, 2.24) is 14.9 Å². The summed E-state index contributed by atoms with van der Waals surface area (Å²) in [6.45, 7) is 5.27. The molecule has 0 radical (unpaired) electrons. The van der Waals surface area contributed by atoms with E-state index in [9.17, 15) is 13.2 Å². The molecule has 1 aromatic rings. The number of rotatable bonds is 5. The smallest absolute Gasteiger partial charge is 0.369 e. The fraction of sp³-hybridized carbons (Fsp3) is 0.667. The molecule has 1 N–H and O–H groups in total. The summed E-state index contributed by atoms with van der Waals surface area (Å²) in [6, 6.07) is 0.859. The van der Waals surface area contributed by atoms with E-state index in [0.29, 0.717) is 6.54 Å². The summed E-state index contributed by atoms with van der Waals surface area (Å²) < 4.78 is 37.8. The number of alkyl halides is 3. The maximum absolute atomic E-state index is 12.6. The predicted octanol–water partition coefficient (Wildman–Crippen LogP) is 3.15. The number of aromatic nitrogens is 2. The lowest BCUT2D eigenvalue weighted by molar-refractivity contribution is -0.141. The first-order valence-electron chi connectivity index (χ1n) is 6.00. The van der Waals surface area contributed by atoms with Crippen LogP contribution in [0.2, 0.25) is 5.28 Å². The van der Waals surface area contributed by atoms with Crippen molar-refractivity contribution < 1.29 is 13.2 Å². The molecular formula is C12H18ClF3N4. The van der Waals surface area contributed by atoms with E-state index in [1.165, 1.54) is 0 Å². The van der Waals surface area contributed by atoms with E-state index >= 15 is 0 Å². The van der Waals surface area contributed by atoms with Crippen molar-refractivity contribution in [2.45, 2.75) is 20.0 Å². The number of halogens is 4. The van der Waals surface area contributed by atoms with E-state index in [0.717, 1.165) is 12.6 Å². The first-order chi connectivity index (χ1) is 8.99. The van der Waals surface area contributed by atoms with Crippen molar-refractivity contribution in [2.24, 2.45) is 5.41 Å². The van der Waals surface area contributed by atoms with Crippen molar-refractivity contribution in [3.05, 3.63) is 17.0 Å². The molecule has 0 fully saturated rings. The minimum absolute atomic E-state index is 0.0733. The van der Waals surface area contributed by atoms with Crippen LogP contribution in [0.15, 0.2) is 6.07 Å². The second-order valence-electron chi connectivity index (χ2n) is 5.66. The molecule has 0 saturated heterocycles. The van der Waals surface area contributed by atoms with Gasteiger partial charge in [0, 0.05) is 19.2 Å². The van der Waals surface area contributed by atoms with Gasteiger partial charge in [-0.1, -0.05) is 13.8 Å². The topological polar surface area (TPSA) is 41.0 Å². The molecule has 0 unspecified atom stereocenters. The fourth-order valence-corrected chi connectivity index (χ4v) is 2.08. The number of hydrogen-bond donors (Lipinski definition) is 1. The Labute approximate surface area is 121 Å². The molecule has 0 aliphatic carbocycles. The van der Waals surface area contributed by atoms with Gasteiger partial charge in [-0.2, -0.15) is 13.2 Å². The Morgan fingerprint density at radius 2 is 1.85 bits per heavy atom. The molecule has 20 heavy (non-hydrogen) atoms. The molecule has 1 heterocycles. The van der Waals surface area contributed by atoms with Crippen molar-refractivity contribution in [3.63, 3.8) is 0 Å². The van der Waals surface area contributed by atoms with Gasteiger partial charge in [0.15, 0.2) is 5.69 Å². The normalized spacial score (nSPS) is 12.8. The van der Waals surface area contributed by atoms with Crippen LogP contribution in [0, 0.1) is 5.41 Å². The number of nitrogens with one attached hydrogen (secondary N) is 1. The predicted molar refractivity (Wildman–Crippen MR) is 72.9 cm³/mol. The zero-order chi connectivity index (χ0) is 15.6. The van der Waals surface area contributed by atoms with E-state index in [4.69, 9.17) is 11.6 Å². The van der Waals surface area contributed by atoms with Gasteiger partial charge in [0.2, 0.25) is 5.28 Å². The van der Waals surface area contributed by atoms with Crippen LogP contribution in [0.4, 0.5) is 19.0 Å². The summed E-state index contributed by atoms with van der Waals surface area (Å²) in [6.07, 6.45) is -4.54. The third kappa shape index (κ3) is 5.50.